The van der Waals surface area contributed by atoms with E-state index in [9.17, 15) is 0 Å². The van der Waals surface area contributed by atoms with Gasteiger partial charge >= 0.3 is 0 Å². The Labute approximate surface area is 162 Å². The van der Waals surface area contributed by atoms with Gasteiger partial charge in [-0.25, -0.2) is 12.1 Å². The summed E-state index contributed by atoms with van der Waals surface area (Å²) >= 11 is 0. The van der Waals surface area contributed by atoms with Crippen LogP contribution in [0.2, 0.25) is 0 Å². The van der Waals surface area contributed by atoms with Gasteiger partial charge in [0.1, 0.15) is 0 Å². The molecule has 2 atom stereocenters. The molecular formula is C22H27FeNO-6. The van der Waals surface area contributed by atoms with Crippen molar-refractivity contribution in [3.05, 3.63) is 96.1 Å². The average Bonchev–Trinajstić information content (AvgIpc) is 3.33. The first kappa shape index (κ1) is 21.4. The number of nitrogens with zero attached hydrogens (tertiary/aromatic N) is 1. The SMILES string of the molecule is CO[C@H](c1ccccc1)[C@H](C)N(C)C[c-]1cccc1.[Fe].[cH-]1[cH-][cH-][cH-][cH-]1. The van der Waals surface area contributed by atoms with Gasteiger partial charge in [-0.2, -0.15) is 12.1 Å². The van der Waals surface area contributed by atoms with Crippen LogP contribution in [-0.4, -0.2) is 25.1 Å². The van der Waals surface area contributed by atoms with Crippen molar-refractivity contribution in [1.29, 1.82) is 0 Å². The Bertz CT molecular complexity index is 617. The number of likely N-dealkylation sites (N-methyl/N-ethyl adjacent to an activating group) is 1. The molecule has 0 unspecified atom stereocenters. The Morgan fingerprint density at radius 2 is 1.48 bits per heavy atom. The molecule has 25 heavy (non-hydrogen) atoms. The number of methoxy groups -OCH3 is 1. The van der Waals surface area contributed by atoms with E-state index in [1.54, 1.807) is 7.11 Å². The molecule has 0 aliphatic carbocycles. The Balaban J connectivity index is 0.000000448. The van der Waals surface area contributed by atoms with Crippen LogP contribution in [0.4, 0.5) is 0 Å². The van der Waals surface area contributed by atoms with Gasteiger partial charge in [-0.1, -0.05) is 30.3 Å². The fourth-order valence-corrected chi connectivity index (χ4v) is 2.76. The zero-order chi connectivity index (χ0) is 17.2. The van der Waals surface area contributed by atoms with Gasteiger partial charge in [0.05, 0.1) is 6.10 Å². The molecule has 0 fully saturated rings. The topological polar surface area (TPSA) is 12.5 Å². The molecule has 0 spiro atoms. The first-order valence-corrected chi connectivity index (χ1v) is 8.37. The normalized spacial score (nSPS) is 12.6. The van der Waals surface area contributed by atoms with Gasteiger partial charge in [-0.3, -0.25) is 0 Å². The van der Waals surface area contributed by atoms with Crippen LogP contribution in [0.5, 0.6) is 0 Å². The van der Waals surface area contributed by atoms with Crippen molar-refractivity contribution in [2.75, 3.05) is 14.2 Å². The molecule has 3 heteroatoms. The monoisotopic (exact) mass is 377 g/mol. The number of benzene rings is 1. The Kier molecular flexibility index (Phi) is 10.1. The van der Waals surface area contributed by atoms with Crippen molar-refractivity contribution in [2.24, 2.45) is 0 Å². The van der Waals surface area contributed by atoms with E-state index in [4.69, 9.17) is 4.74 Å². The summed E-state index contributed by atoms with van der Waals surface area (Å²) in [5.41, 5.74) is 2.57. The summed E-state index contributed by atoms with van der Waals surface area (Å²) in [6, 6.07) is 29.2. The third kappa shape index (κ3) is 7.01. The van der Waals surface area contributed by atoms with Crippen molar-refractivity contribution in [2.45, 2.75) is 25.6 Å². The van der Waals surface area contributed by atoms with E-state index in [0.717, 1.165) is 6.54 Å². The molecule has 0 radical (unpaired) electrons. The summed E-state index contributed by atoms with van der Waals surface area (Å²) in [6.07, 6.45) is 0.0983. The minimum absolute atomic E-state index is 0. The van der Waals surface area contributed by atoms with Gasteiger partial charge in [0.15, 0.2) is 0 Å². The van der Waals surface area contributed by atoms with Gasteiger partial charge in [-0.05, 0) is 26.1 Å². The van der Waals surface area contributed by atoms with Crippen LogP contribution in [0.25, 0.3) is 0 Å². The molecule has 0 aromatic heterocycles. The van der Waals surface area contributed by atoms with Crippen LogP contribution < -0.4 is 0 Å². The maximum Gasteiger partial charge on any atom is 0.0973 e. The van der Waals surface area contributed by atoms with Crippen LogP contribution in [0.15, 0.2) is 84.9 Å². The van der Waals surface area contributed by atoms with E-state index in [0.29, 0.717) is 6.04 Å². The molecule has 0 aliphatic heterocycles. The Morgan fingerprint density at radius 3 is 1.96 bits per heavy atom. The average molecular weight is 377 g/mol. The molecule has 2 nitrogen and oxygen atoms in total. The van der Waals surface area contributed by atoms with Gasteiger partial charge in [0, 0.05) is 30.2 Å². The molecule has 0 bridgehead atoms. The van der Waals surface area contributed by atoms with E-state index in [1.165, 1.54) is 11.1 Å². The molecule has 0 N–H and O–H groups in total. The van der Waals surface area contributed by atoms with Crippen LogP contribution in [-0.2, 0) is 28.4 Å². The summed E-state index contributed by atoms with van der Waals surface area (Å²) in [6.45, 7) is 3.16. The van der Waals surface area contributed by atoms with Gasteiger partial charge in [-0.15, -0.1) is 5.56 Å². The molecule has 3 aromatic carbocycles. The van der Waals surface area contributed by atoms with Gasteiger partial charge in [0.25, 0.3) is 0 Å². The number of hydrogen-bond donors (Lipinski definition) is 0. The summed E-state index contributed by atoms with van der Waals surface area (Å²) in [7, 11) is 3.93. The van der Waals surface area contributed by atoms with E-state index >= 15 is 0 Å². The Morgan fingerprint density at radius 1 is 0.960 bits per heavy atom. The molecule has 0 aliphatic rings. The fourth-order valence-electron chi connectivity index (χ4n) is 2.76. The summed E-state index contributed by atoms with van der Waals surface area (Å²) in [4.78, 5) is 2.33. The molecule has 0 amide bonds. The van der Waals surface area contributed by atoms with Crippen LogP contribution in [0.1, 0.15) is 24.2 Å². The third-order valence-electron chi connectivity index (χ3n) is 4.23. The molecule has 0 heterocycles. The minimum atomic E-state index is 0. The Hall–Kier alpha value is -1.64. The van der Waals surface area contributed by atoms with Crippen molar-refractivity contribution in [3.8, 4) is 0 Å². The second-order valence-corrected chi connectivity index (χ2v) is 5.98. The smallest absolute Gasteiger partial charge is 0.0973 e. The molecule has 3 rings (SSSR count). The van der Waals surface area contributed by atoms with E-state index in [2.05, 4.69) is 67.4 Å². The second-order valence-electron chi connectivity index (χ2n) is 5.98. The third-order valence-corrected chi connectivity index (χ3v) is 4.23. The second kappa shape index (κ2) is 11.8. The van der Waals surface area contributed by atoms with Crippen molar-refractivity contribution < 1.29 is 21.8 Å². The predicted octanol–water partition coefficient (Wildman–Crippen LogP) is 5.02. The first-order valence-electron chi connectivity index (χ1n) is 8.37. The summed E-state index contributed by atoms with van der Waals surface area (Å²) in [5, 5.41) is 0. The summed E-state index contributed by atoms with van der Waals surface area (Å²) < 4.78 is 5.70. The van der Waals surface area contributed by atoms with Crippen molar-refractivity contribution in [3.63, 3.8) is 0 Å². The van der Waals surface area contributed by atoms with Gasteiger partial charge < -0.3 is 40.0 Å². The number of rotatable bonds is 6. The van der Waals surface area contributed by atoms with E-state index < -0.39 is 0 Å². The van der Waals surface area contributed by atoms with Gasteiger partial charge in [0.2, 0.25) is 0 Å². The quantitative estimate of drug-likeness (QED) is 0.442. The van der Waals surface area contributed by atoms with E-state index in [1.807, 2.05) is 36.4 Å². The molecule has 0 saturated carbocycles. The van der Waals surface area contributed by atoms with Crippen LogP contribution >= 0.6 is 0 Å². The van der Waals surface area contributed by atoms with Crippen LogP contribution in [0, 0.1) is 0 Å². The van der Waals surface area contributed by atoms with Crippen molar-refractivity contribution in [1.82, 2.24) is 4.90 Å². The number of hydrogen-bond acceptors (Lipinski definition) is 2. The summed E-state index contributed by atoms with van der Waals surface area (Å²) in [5.74, 6) is 0. The maximum atomic E-state index is 5.70. The first-order chi connectivity index (χ1) is 11.7. The zero-order valence-electron chi connectivity index (χ0n) is 15.2. The van der Waals surface area contributed by atoms with E-state index in [-0.39, 0.29) is 23.2 Å². The van der Waals surface area contributed by atoms with Crippen molar-refractivity contribution >= 4 is 0 Å². The molecule has 3 aromatic rings. The van der Waals surface area contributed by atoms with Crippen LogP contribution in [0.3, 0.4) is 0 Å². The maximum absolute atomic E-state index is 5.70. The molecular weight excluding hydrogens is 350 g/mol. The standard InChI is InChI=1S/C17H22NO.C5H5.Fe/c1-14(18(2)13-15-9-7-8-10-15)17(19-3)16-11-5-4-6-12-16;1-2-4-5-3-1;/h4-12,14,17H,13H2,1-3H3;1-5H;/q-1;-5;/t14-,17-;;/m0../s1. The molecule has 140 valence electrons. The fraction of sp³-hybridized carbons (Fsp3) is 0.273. The number of ether oxygens (including phenoxy) is 1. The predicted molar refractivity (Wildman–Crippen MR) is 101 cm³/mol. The minimum Gasteiger partial charge on any atom is -0.748 e. The largest absolute Gasteiger partial charge is 0.748 e. The zero-order valence-corrected chi connectivity index (χ0v) is 16.3. The molecule has 0 saturated heterocycles.